The molecule has 6 nitrogen and oxygen atoms in total. The summed E-state index contributed by atoms with van der Waals surface area (Å²) in [6, 6.07) is 7.41. The Morgan fingerprint density at radius 1 is 1.50 bits per heavy atom. The van der Waals surface area contributed by atoms with E-state index in [4.69, 9.17) is 4.74 Å². The van der Waals surface area contributed by atoms with E-state index in [9.17, 15) is 9.35 Å². The Morgan fingerprint density at radius 3 is 2.83 bits per heavy atom. The smallest absolute Gasteiger partial charge is 0.307 e. The van der Waals surface area contributed by atoms with Gasteiger partial charge in [-0.15, -0.1) is 4.72 Å². The van der Waals surface area contributed by atoms with E-state index < -0.39 is 16.1 Å². The van der Waals surface area contributed by atoms with Crippen LogP contribution in [0.3, 0.4) is 0 Å². The van der Waals surface area contributed by atoms with Crippen molar-refractivity contribution in [3.05, 3.63) is 29.8 Å². The summed E-state index contributed by atoms with van der Waals surface area (Å²) in [4.78, 5) is 11.8. The van der Waals surface area contributed by atoms with Gasteiger partial charge in [0, 0.05) is 30.5 Å². The summed E-state index contributed by atoms with van der Waals surface area (Å²) in [6.45, 7) is 6.51. The van der Waals surface area contributed by atoms with E-state index in [2.05, 4.69) is 9.82 Å². The fraction of sp³-hybridized carbons (Fsp3) is 0.529. The van der Waals surface area contributed by atoms with Crippen LogP contribution in [-0.2, 0) is 20.9 Å². The van der Waals surface area contributed by atoms with E-state index in [1.807, 2.05) is 56.3 Å². The molecule has 0 unspecified atom stereocenters. The summed E-state index contributed by atoms with van der Waals surface area (Å²) >= 11 is -1.30. The van der Waals surface area contributed by atoms with Crippen LogP contribution in [0.4, 0.5) is 5.69 Å². The maximum Gasteiger partial charge on any atom is 0.307 e. The van der Waals surface area contributed by atoms with Crippen LogP contribution in [0.2, 0.25) is 0 Å². The Kier molecular flexibility index (Phi) is 6.26. The molecule has 0 radical (unpaired) electrons. The van der Waals surface area contributed by atoms with Crippen LogP contribution < -0.4 is 9.73 Å². The molecular weight excluding hydrogens is 326 g/mol. The number of nitrogens with one attached hydrogen (secondary N) is 1. The van der Waals surface area contributed by atoms with E-state index >= 15 is 0 Å². The fourth-order valence-electron chi connectivity index (χ4n) is 2.28. The number of hydrazone groups is 1. The third kappa shape index (κ3) is 4.96. The SMILES string of the molecule is COC(=O)C[C@H](N[S@+]([O-])C(C)(C)C)c1cccc(N2CCC=N2)c1. The van der Waals surface area contributed by atoms with Crippen molar-refractivity contribution in [1.29, 1.82) is 0 Å². The summed E-state index contributed by atoms with van der Waals surface area (Å²) in [5.41, 5.74) is 1.84. The third-order valence-electron chi connectivity index (χ3n) is 3.67. The molecule has 0 saturated heterocycles. The fourth-order valence-corrected chi connectivity index (χ4v) is 3.11. The Morgan fingerprint density at radius 2 is 2.25 bits per heavy atom. The van der Waals surface area contributed by atoms with Crippen molar-refractivity contribution < 1.29 is 14.1 Å². The van der Waals surface area contributed by atoms with Crippen molar-refractivity contribution in [2.24, 2.45) is 5.10 Å². The van der Waals surface area contributed by atoms with Gasteiger partial charge in [0.25, 0.3) is 0 Å². The van der Waals surface area contributed by atoms with Crippen LogP contribution in [0.5, 0.6) is 0 Å². The molecule has 2 rings (SSSR count). The predicted molar refractivity (Wildman–Crippen MR) is 97.3 cm³/mol. The lowest BCUT2D eigenvalue weighted by atomic mass is 10.0. The van der Waals surface area contributed by atoms with Gasteiger partial charge < -0.3 is 9.29 Å². The minimum atomic E-state index is -1.30. The number of rotatable bonds is 6. The van der Waals surface area contributed by atoms with Crippen LogP contribution in [0, 0.1) is 0 Å². The number of anilines is 1. The summed E-state index contributed by atoms with van der Waals surface area (Å²) in [5, 5.41) is 6.24. The zero-order valence-corrected chi connectivity index (χ0v) is 15.4. The molecule has 0 saturated carbocycles. The molecule has 0 spiro atoms. The van der Waals surface area contributed by atoms with Crippen LogP contribution in [0.15, 0.2) is 29.4 Å². The average Bonchev–Trinajstić information content (AvgIpc) is 3.07. The number of nitrogens with zero attached hydrogens (tertiary/aromatic N) is 2. The summed E-state index contributed by atoms with van der Waals surface area (Å²) in [7, 11) is 1.36. The highest BCUT2D eigenvalue weighted by molar-refractivity contribution is 7.90. The van der Waals surface area contributed by atoms with Gasteiger partial charge in [-0.2, -0.15) is 5.10 Å². The Bertz CT molecular complexity index is 601. The molecule has 0 amide bonds. The number of hydrogen-bond donors (Lipinski definition) is 1. The quantitative estimate of drug-likeness (QED) is 0.629. The maximum absolute atomic E-state index is 12.5. The number of carbonyl (C=O) groups excluding carboxylic acids is 1. The molecule has 24 heavy (non-hydrogen) atoms. The maximum atomic E-state index is 12.5. The number of methoxy groups -OCH3 is 1. The van der Waals surface area contributed by atoms with E-state index in [0.717, 1.165) is 24.2 Å². The topological polar surface area (TPSA) is 77.0 Å². The zero-order valence-electron chi connectivity index (χ0n) is 14.6. The molecule has 1 aliphatic rings. The Labute approximate surface area is 146 Å². The lowest BCUT2D eigenvalue weighted by Crippen LogP contribution is -2.41. The largest absolute Gasteiger partial charge is 0.598 e. The molecule has 0 fully saturated rings. The first-order chi connectivity index (χ1) is 11.3. The van der Waals surface area contributed by atoms with Gasteiger partial charge in [-0.25, -0.2) is 0 Å². The highest BCUT2D eigenvalue weighted by atomic mass is 32.2. The average molecular weight is 351 g/mol. The first-order valence-electron chi connectivity index (χ1n) is 7.96. The minimum absolute atomic E-state index is 0.116. The molecule has 1 aromatic carbocycles. The lowest BCUT2D eigenvalue weighted by molar-refractivity contribution is -0.141. The van der Waals surface area contributed by atoms with Gasteiger partial charge in [0.2, 0.25) is 0 Å². The molecule has 132 valence electrons. The van der Waals surface area contributed by atoms with E-state index in [1.54, 1.807) is 0 Å². The second kappa shape index (κ2) is 8.00. The summed E-state index contributed by atoms with van der Waals surface area (Å²) in [5.74, 6) is -0.344. The highest BCUT2D eigenvalue weighted by Crippen LogP contribution is 2.27. The molecule has 1 aromatic rings. The van der Waals surface area contributed by atoms with E-state index in [-0.39, 0.29) is 18.4 Å². The number of ether oxygens (including phenoxy) is 1. The lowest BCUT2D eigenvalue weighted by Gasteiger charge is -2.28. The second-order valence-electron chi connectivity index (χ2n) is 6.64. The molecule has 0 aliphatic carbocycles. The van der Waals surface area contributed by atoms with Crippen LogP contribution in [0.25, 0.3) is 0 Å². The normalized spacial score (nSPS) is 17.0. The Balaban J connectivity index is 2.23. The number of benzene rings is 1. The predicted octanol–water partition coefficient (Wildman–Crippen LogP) is 2.54. The second-order valence-corrected chi connectivity index (χ2v) is 8.63. The summed E-state index contributed by atoms with van der Waals surface area (Å²) < 4.78 is 19.9. The molecule has 0 aromatic heterocycles. The first-order valence-corrected chi connectivity index (χ1v) is 9.11. The van der Waals surface area contributed by atoms with Gasteiger partial charge in [0.1, 0.15) is 4.75 Å². The minimum Gasteiger partial charge on any atom is -0.598 e. The van der Waals surface area contributed by atoms with Crippen LogP contribution >= 0.6 is 0 Å². The van der Waals surface area contributed by atoms with Crippen molar-refractivity contribution in [2.45, 2.75) is 44.4 Å². The zero-order chi connectivity index (χ0) is 17.7. The van der Waals surface area contributed by atoms with E-state index in [1.165, 1.54) is 7.11 Å². The molecule has 2 atom stereocenters. The molecule has 7 heteroatoms. The van der Waals surface area contributed by atoms with Gasteiger partial charge in [-0.05, 0) is 38.5 Å². The van der Waals surface area contributed by atoms with Crippen molar-refractivity contribution >= 4 is 29.2 Å². The van der Waals surface area contributed by atoms with Crippen LogP contribution in [-0.4, -0.2) is 35.1 Å². The summed E-state index contributed by atoms with van der Waals surface area (Å²) in [6.07, 6.45) is 2.92. The van der Waals surface area contributed by atoms with Gasteiger partial charge >= 0.3 is 5.97 Å². The highest BCUT2D eigenvalue weighted by Gasteiger charge is 2.31. The molecule has 1 N–H and O–H groups in total. The van der Waals surface area contributed by atoms with Crippen molar-refractivity contribution in [3.63, 3.8) is 0 Å². The van der Waals surface area contributed by atoms with E-state index in [0.29, 0.717) is 0 Å². The van der Waals surface area contributed by atoms with Gasteiger partial charge in [0.05, 0.1) is 25.3 Å². The van der Waals surface area contributed by atoms with Crippen molar-refractivity contribution in [1.82, 2.24) is 4.72 Å². The molecule has 1 aliphatic heterocycles. The molecular formula is C17H25N3O3S. The molecule has 0 bridgehead atoms. The van der Waals surface area contributed by atoms with Crippen molar-refractivity contribution in [2.75, 3.05) is 18.7 Å². The number of carbonyl (C=O) groups is 1. The first kappa shape index (κ1) is 18.8. The molecule has 1 heterocycles. The van der Waals surface area contributed by atoms with Gasteiger partial charge in [0.15, 0.2) is 0 Å². The number of esters is 1. The number of hydrogen-bond acceptors (Lipinski definition) is 6. The third-order valence-corrected chi connectivity index (χ3v) is 5.28. The van der Waals surface area contributed by atoms with Gasteiger partial charge in [-0.1, -0.05) is 12.1 Å². The van der Waals surface area contributed by atoms with Crippen LogP contribution in [0.1, 0.15) is 45.2 Å². The van der Waals surface area contributed by atoms with Gasteiger partial charge in [-0.3, -0.25) is 9.80 Å². The standard InChI is InChI=1S/C17H25N3O3S/c1-17(2,3)24(22)19-15(12-16(21)23-4)13-7-5-8-14(11-13)20-10-6-9-18-20/h5,7-9,11,15,19H,6,10,12H2,1-4H3/t15-,24+/m0/s1. The Hall–Kier alpha value is -1.57. The van der Waals surface area contributed by atoms with Crippen molar-refractivity contribution in [3.8, 4) is 0 Å². The monoisotopic (exact) mass is 351 g/mol.